The molecule has 0 amide bonds. The molecular weight excluding hydrogens is 196 g/mol. The first-order chi connectivity index (χ1) is 7.71. The minimum Gasteiger partial charge on any atom is -0.313 e. The third kappa shape index (κ3) is 2.98. The van der Waals surface area contributed by atoms with Crippen LogP contribution in [0.3, 0.4) is 0 Å². The molecule has 0 radical (unpaired) electrons. The van der Waals surface area contributed by atoms with E-state index >= 15 is 0 Å². The Hall–Kier alpha value is -0.0800. The summed E-state index contributed by atoms with van der Waals surface area (Å²) in [4.78, 5) is 2.47. The molecule has 0 saturated heterocycles. The summed E-state index contributed by atoms with van der Waals surface area (Å²) in [6.07, 6.45) is 13.6. The predicted octanol–water partition coefficient (Wildman–Crippen LogP) is 3.12. The highest BCUT2D eigenvalue weighted by molar-refractivity contribution is 4.87. The number of hydrogen-bond acceptors (Lipinski definition) is 2. The average Bonchev–Trinajstić information content (AvgIpc) is 2.31. The number of rotatable bonds is 3. The summed E-state index contributed by atoms with van der Waals surface area (Å²) in [5.41, 5.74) is 6.57. The highest BCUT2D eigenvalue weighted by Crippen LogP contribution is 2.31. The van der Waals surface area contributed by atoms with Gasteiger partial charge in [-0.2, -0.15) is 0 Å². The number of nitrogens with two attached hydrogens (primary N) is 1. The average molecular weight is 224 g/mol. The van der Waals surface area contributed by atoms with Crippen LogP contribution in [0.5, 0.6) is 0 Å². The van der Waals surface area contributed by atoms with Gasteiger partial charge in [-0.3, -0.25) is 4.90 Å². The minimum atomic E-state index is 0.0235. The van der Waals surface area contributed by atoms with E-state index in [9.17, 15) is 0 Å². The van der Waals surface area contributed by atoms with Crippen LogP contribution in [0.1, 0.15) is 64.2 Å². The monoisotopic (exact) mass is 224 g/mol. The zero-order valence-electron chi connectivity index (χ0n) is 10.9. The van der Waals surface area contributed by atoms with Gasteiger partial charge in [-0.25, -0.2) is 0 Å². The number of nitrogens with zero attached hydrogens (tertiary/aromatic N) is 1. The van der Waals surface area contributed by atoms with Gasteiger partial charge in [0.15, 0.2) is 0 Å². The van der Waals surface area contributed by atoms with E-state index in [1.807, 2.05) is 0 Å². The second kappa shape index (κ2) is 5.50. The molecule has 0 heterocycles. The first kappa shape index (κ1) is 12.4. The predicted molar refractivity (Wildman–Crippen MR) is 69.2 cm³/mol. The summed E-state index contributed by atoms with van der Waals surface area (Å²) in [7, 11) is 2.25. The van der Waals surface area contributed by atoms with Gasteiger partial charge in [-0.05, 0) is 38.6 Å². The molecular formula is C14H28N2. The van der Waals surface area contributed by atoms with E-state index in [1.165, 1.54) is 70.8 Å². The Morgan fingerprint density at radius 3 is 2.19 bits per heavy atom. The van der Waals surface area contributed by atoms with Crippen molar-refractivity contribution in [3.8, 4) is 0 Å². The topological polar surface area (TPSA) is 29.3 Å². The fourth-order valence-electron chi connectivity index (χ4n) is 3.48. The van der Waals surface area contributed by atoms with Crippen LogP contribution >= 0.6 is 0 Å². The van der Waals surface area contributed by atoms with Gasteiger partial charge in [0.05, 0.1) is 5.66 Å². The van der Waals surface area contributed by atoms with Crippen LogP contribution in [0.2, 0.25) is 0 Å². The maximum Gasteiger partial charge on any atom is 0.0684 e. The van der Waals surface area contributed by atoms with Crippen molar-refractivity contribution < 1.29 is 0 Å². The fourth-order valence-corrected chi connectivity index (χ4v) is 3.48. The van der Waals surface area contributed by atoms with Crippen LogP contribution in [0.15, 0.2) is 0 Å². The third-order valence-corrected chi connectivity index (χ3v) is 4.74. The van der Waals surface area contributed by atoms with Gasteiger partial charge in [-0.15, -0.1) is 0 Å². The highest BCUT2D eigenvalue weighted by atomic mass is 15.3. The van der Waals surface area contributed by atoms with Crippen LogP contribution in [0, 0.1) is 5.92 Å². The molecule has 0 aromatic carbocycles. The Labute approximate surface area is 101 Å². The molecule has 2 rings (SSSR count). The summed E-state index contributed by atoms with van der Waals surface area (Å²) in [5, 5.41) is 0. The summed E-state index contributed by atoms with van der Waals surface area (Å²) in [6.45, 7) is 1.23. The smallest absolute Gasteiger partial charge is 0.0684 e. The van der Waals surface area contributed by atoms with Gasteiger partial charge in [-0.1, -0.05) is 38.5 Å². The molecule has 0 bridgehead atoms. The first-order valence-corrected chi connectivity index (χ1v) is 7.21. The molecule has 0 aliphatic heterocycles. The lowest BCUT2D eigenvalue weighted by atomic mass is 9.85. The summed E-state index contributed by atoms with van der Waals surface area (Å²) < 4.78 is 0. The van der Waals surface area contributed by atoms with Crippen LogP contribution in [0.25, 0.3) is 0 Å². The van der Waals surface area contributed by atoms with Crippen molar-refractivity contribution in [3.05, 3.63) is 0 Å². The second-order valence-electron chi connectivity index (χ2n) is 6.05. The molecule has 2 saturated carbocycles. The van der Waals surface area contributed by atoms with E-state index in [0.717, 1.165) is 5.92 Å². The Morgan fingerprint density at radius 1 is 1.00 bits per heavy atom. The molecule has 2 aliphatic rings. The van der Waals surface area contributed by atoms with Crippen molar-refractivity contribution in [2.24, 2.45) is 11.7 Å². The molecule has 2 N–H and O–H groups in total. The molecule has 2 nitrogen and oxygen atoms in total. The van der Waals surface area contributed by atoms with Gasteiger partial charge in [0.25, 0.3) is 0 Å². The first-order valence-electron chi connectivity index (χ1n) is 7.21. The van der Waals surface area contributed by atoms with Crippen molar-refractivity contribution in [3.63, 3.8) is 0 Å². The Balaban J connectivity index is 1.83. The van der Waals surface area contributed by atoms with E-state index in [4.69, 9.17) is 5.73 Å². The van der Waals surface area contributed by atoms with Gasteiger partial charge in [0.1, 0.15) is 0 Å². The zero-order chi connectivity index (χ0) is 11.4. The standard InChI is InChI=1S/C14H28N2/c1-16(12-13-8-4-2-5-9-13)14(15)10-6-3-7-11-14/h13H,2-12,15H2,1H3. The maximum absolute atomic E-state index is 6.55. The van der Waals surface area contributed by atoms with Gasteiger partial charge < -0.3 is 5.73 Å². The quantitative estimate of drug-likeness (QED) is 0.746. The Bertz CT molecular complexity index is 203. The van der Waals surface area contributed by atoms with Gasteiger partial charge in [0.2, 0.25) is 0 Å². The van der Waals surface area contributed by atoms with Crippen molar-refractivity contribution in [1.82, 2.24) is 4.90 Å². The van der Waals surface area contributed by atoms with Crippen molar-refractivity contribution in [1.29, 1.82) is 0 Å². The van der Waals surface area contributed by atoms with Gasteiger partial charge in [0, 0.05) is 6.54 Å². The minimum absolute atomic E-state index is 0.0235. The molecule has 0 aromatic heterocycles. The normalized spacial score (nSPS) is 27.2. The van der Waals surface area contributed by atoms with Crippen molar-refractivity contribution in [2.75, 3.05) is 13.6 Å². The zero-order valence-corrected chi connectivity index (χ0v) is 10.9. The SMILES string of the molecule is CN(CC1CCCCC1)C1(N)CCCCC1. The van der Waals surface area contributed by atoms with Crippen molar-refractivity contribution >= 4 is 0 Å². The van der Waals surface area contributed by atoms with E-state index < -0.39 is 0 Å². The van der Waals surface area contributed by atoms with E-state index in [0.29, 0.717) is 0 Å². The third-order valence-electron chi connectivity index (χ3n) is 4.74. The van der Waals surface area contributed by atoms with Crippen molar-refractivity contribution in [2.45, 2.75) is 69.9 Å². The van der Waals surface area contributed by atoms with Crippen LogP contribution in [0.4, 0.5) is 0 Å². The molecule has 94 valence electrons. The fraction of sp³-hybridized carbons (Fsp3) is 1.00. The molecule has 0 unspecified atom stereocenters. The van der Waals surface area contributed by atoms with E-state index in [-0.39, 0.29) is 5.66 Å². The molecule has 16 heavy (non-hydrogen) atoms. The summed E-state index contributed by atoms with van der Waals surface area (Å²) >= 11 is 0. The highest BCUT2D eigenvalue weighted by Gasteiger charge is 2.32. The van der Waals surface area contributed by atoms with Gasteiger partial charge >= 0.3 is 0 Å². The maximum atomic E-state index is 6.55. The summed E-state index contributed by atoms with van der Waals surface area (Å²) in [5.74, 6) is 0.918. The number of hydrogen-bond donors (Lipinski definition) is 1. The molecule has 2 aliphatic carbocycles. The van der Waals surface area contributed by atoms with E-state index in [1.54, 1.807) is 0 Å². The lowest BCUT2D eigenvalue weighted by molar-refractivity contribution is 0.0594. The molecule has 0 atom stereocenters. The Kier molecular flexibility index (Phi) is 4.26. The second-order valence-corrected chi connectivity index (χ2v) is 6.05. The summed E-state index contributed by atoms with van der Waals surface area (Å²) in [6, 6.07) is 0. The molecule has 2 fully saturated rings. The van der Waals surface area contributed by atoms with Crippen LogP contribution < -0.4 is 5.73 Å². The van der Waals surface area contributed by atoms with Crippen LogP contribution in [-0.4, -0.2) is 24.2 Å². The van der Waals surface area contributed by atoms with Crippen LogP contribution in [-0.2, 0) is 0 Å². The molecule has 0 spiro atoms. The molecule has 0 aromatic rings. The molecule has 2 heteroatoms. The lowest BCUT2D eigenvalue weighted by Crippen LogP contribution is -2.56. The lowest BCUT2D eigenvalue weighted by Gasteiger charge is -2.43. The Morgan fingerprint density at radius 2 is 1.56 bits per heavy atom. The van der Waals surface area contributed by atoms with E-state index in [2.05, 4.69) is 11.9 Å². The largest absolute Gasteiger partial charge is 0.313 e.